The molecule has 18 heavy (non-hydrogen) atoms. The first-order valence-electron chi connectivity index (χ1n) is 5.12. The second kappa shape index (κ2) is 5.07. The zero-order valence-electron chi connectivity index (χ0n) is 9.22. The maximum atomic E-state index is 11.3. The summed E-state index contributed by atoms with van der Waals surface area (Å²) >= 11 is 0. The van der Waals surface area contributed by atoms with Crippen molar-refractivity contribution >= 4 is 17.7 Å². The zero-order valence-corrected chi connectivity index (χ0v) is 9.22. The van der Waals surface area contributed by atoms with Crippen molar-refractivity contribution in [2.45, 2.75) is 6.42 Å². The third-order valence-corrected chi connectivity index (χ3v) is 2.36. The number of rotatable bonds is 4. The Hall–Kier alpha value is -2.73. The molecule has 1 aliphatic rings. The van der Waals surface area contributed by atoms with E-state index in [0.29, 0.717) is 18.7 Å². The molecule has 0 saturated heterocycles. The highest BCUT2D eigenvalue weighted by Crippen LogP contribution is 2.21. The number of nitrogens with zero attached hydrogens (tertiary/aromatic N) is 6. The number of imide groups is 1. The molecule has 2 rings (SSSR count). The van der Waals surface area contributed by atoms with Crippen LogP contribution in [0.25, 0.3) is 10.4 Å². The lowest BCUT2D eigenvalue weighted by molar-refractivity contribution is 0.249. The first-order chi connectivity index (χ1) is 8.72. The SMILES string of the molecule is [N-]=[N+]=NCCc1ccc(N2C(=O)N=NC2=O)cc1. The number of azo groups is 1. The van der Waals surface area contributed by atoms with Gasteiger partial charge >= 0.3 is 12.1 Å². The number of carbonyl (C=O) groups excluding carboxylic acids is 2. The van der Waals surface area contributed by atoms with Crippen LogP contribution in [-0.4, -0.2) is 18.6 Å². The van der Waals surface area contributed by atoms with Gasteiger partial charge in [0.05, 0.1) is 5.69 Å². The number of amides is 4. The standard InChI is InChI=1S/C10H8N6O2/c11-15-12-6-5-7-1-3-8(4-2-7)16-9(17)13-14-10(16)18/h1-4H,5-6H2. The Labute approximate surface area is 102 Å². The third kappa shape index (κ3) is 2.33. The monoisotopic (exact) mass is 244 g/mol. The minimum absolute atomic E-state index is 0.363. The van der Waals surface area contributed by atoms with Crippen LogP contribution in [0.15, 0.2) is 39.6 Å². The first-order valence-corrected chi connectivity index (χ1v) is 5.12. The number of hydrogen-bond acceptors (Lipinski definition) is 3. The summed E-state index contributed by atoms with van der Waals surface area (Å²) in [6.45, 7) is 0.363. The molecule has 0 aliphatic carbocycles. The topological polar surface area (TPSA) is 111 Å². The average Bonchev–Trinajstić information content (AvgIpc) is 2.71. The summed E-state index contributed by atoms with van der Waals surface area (Å²) < 4.78 is 0. The largest absolute Gasteiger partial charge is 0.375 e. The number of anilines is 1. The predicted octanol–water partition coefficient (Wildman–Crippen LogP) is 3.05. The van der Waals surface area contributed by atoms with Gasteiger partial charge in [0.1, 0.15) is 0 Å². The molecule has 90 valence electrons. The molecule has 8 heteroatoms. The maximum Gasteiger partial charge on any atom is 0.375 e. The van der Waals surface area contributed by atoms with Crippen LogP contribution in [0.2, 0.25) is 0 Å². The number of hydrogen-bond donors (Lipinski definition) is 0. The number of benzene rings is 1. The van der Waals surface area contributed by atoms with E-state index < -0.39 is 12.1 Å². The highest BCUT2D eigenvalue weighted by atomic mass is 16.2. The van der Waals surface area contributed by atoms with Gasteiger partial charge in [0.15, 0.2) is 0 Å². The summed E-state index contributed by atoms with van der Waals surface area (Å²) in [5.74, 6) is 0. The quantitative estimate of drug-likeness (QED) is 0.460. The van der Waals surface area contributed by atoms with E-state index in [1.807, 2.05) is 0 Å². The summed E-state index contributed by atoms with van der Waals surface area (Å²) in [6.07, 6.45) is 0.598. The molecule has 0 unspecified atom stereocenters. The maximum absolute atomic E-state index is 11.3. The molecule has 4 amide bonds. The highest BCUT2D eigenvalue weighted by molar-refractivity contribution is 6.17. The van der Waals surface area contributed by atoms with E-state index in [0.717, 1.165) is 10.5 Å². The van der Waals surface area contributed by atoms with Gasteiger partial charge in [-0.1, -0.05) is 27.5 Å². The van der Waals surface area contributed by atoms with Crippen LogP contribution in [0.3, 0.4) is 0 Å². The second-order valence-electron chi connectivity index (χ2n) is 3.47. The van der Waals surface area contributed by atoms with E-state index in [-0.39, 0.29) is 0 Å². The van der Waals surface area contributed by atoms with Crippen molar-refractivity contribution in [1.82, 2.24) is 0 Å². The van der Waals surface area contributed by atoms with E-state index >= 15 is 0 Å². The molecule has 0 radical (unpaired) electrons. The minimum atomic E-state index is -0.693. The Morgan fingerprint density at radius 2 is 1.78 bits per heavy atom. The summed E-state index contributed by atoms with van der Waals surface area (Å²) in [5.41, 5.74) is 9.51. The highest BCUT2D eigenvalue weighted by Gasteiger charge is 2.28. The summed E-state index contributed by atoms with van der Waals surface area (Å²) in [4.78, 5) is 26.1. The van der Waals surface area contributed by atoms with Crippen molar-refractivity contribution in [2.24, 2.45) is 15.3 Å². The molecule has 1 heterocycles. The number of azide groups is 1. The van der Waals surface area contributed by atoms with Crippen LogP contribution in [-0.2, 0) is 6.42 Å². The van der Waals surface area contributed by atoms with Gasteiger partial charge in [0.2, 0.25) is 0 Å². The molecule has 0 bridgehead atoms. The van der Waals surface area contributed by atoms with Crippen LogP contribution in [0.5, 0.6) is 0 Å². The predicted molar refractivity (Wildman–Crippen MR) is 62.3 cm³/mol. The second-order valence-corrected chi connectivity index (χ2v) is 3.47. The Balaban J connectivity index is 2.10. The first kappa shape index (κ1) is 11.7. The Bertz CT molecular complexity index is 540. The molecule has 0 atom stereocenters. The van der Waals surface area contributed by atoms with Crippen molar-refractivity contribution in [1.29, 1.82) is 0 Å². The average molecular weight is 244 g/mol. The molecule has 1 aromatic rings. The molecular formula is C10H8N6O2. The van der Waals surface area contributed by atoms with Gasteiger partial charge in [-0.3, -0.25) is 0 Å². The van der Waals surface area contributed by atoms with Crippen molar-refractivity contribution in [3.05, 3.63) is 40.3 Å². The smallest absolute Gasteiger partial charge is 0.243 e. The van der Waals surface area contributed by atoms with Gasteiger partial charge in [-0.2, -0.15) is 0 Å². The minimum Gasteiger partial charge on any atom is -0.243 e. The van der Waals surface area contributed by atoms with Crippen LogP contribution < -0.4 is 4.90 Å². The third-order valence-electron chi connectivity index (χ3n) is 2.36. The van der Waals surface area contributed by atoms with Crippen LogP contribution in [0, 0.1) is 0 Å². The number of urea groups is 2. The van der Waals surface area contributed by atoms with E-state index in [1.54, 1.807) is 24.3 Å². The molecule has 1 aromatic carbocycles. The fourth-order valence-electron chi connectivity index (χ4n) is 1.51. The lowest BCUT2D eigenvalue weighted by Crippen LogP contribution is -2.27. The molecule has 0 N–H and O–H groups in total. The van der Waals surface area contributed by atoms with Crippen molar-refractivity contribution in [3.63, 3.8) is 0 Å². The van der Waals surface area contributed by atoms with Crippen LogP contribution in [0.4, 0.5) is 15.3 Å². The molecule has 8 nitrogen and oxygen atoms in total. The molecule has 0 fully saturated rings. The lowest BCUT2D eigenvalue weighted by atomic mass is 10.1. The van der Waals surface area contributed by atoms with Gasteiger partial charge in [0.25, 0.3) is 0 Å². The molecule has 0 saturated carbocycles. The summed E-state index contributed by atoms with van der Waals surface area (Å²) in [6, 6.07) is 5.36. The Morgan fingerprint density at radius 1 is 1.17 bits per heavy atom. The van der Waals surface area contributed by atoms with Gasteiger partial charge in [-0.25, -0.2) is 14.5 Å². The Kier molecular flexibility index (Phi) is 3.31. The van der Waals surface area contributed by atoms with E-state index in [2.05, 4.69) is 20.3 Å². The molecule has 1 aliphatic heterocycles. The van der Waals surface area contributed by atoms with E-state index in [4.69, 9.17) is 5.53 Å². The molecule has 0 spiro atoms. The van der Waals surface area contributed by atoms with E-state index in [9.17, 15) is 9.59 Å². The molecular weight excluding hydrogens is 236 g/mol. The number of carbonyl (C=O) groups is 2. The van der Waals surface area contributed by atoms with Crippen molar-refractivity contribution in [3.8, 4) is 0 Å². The summed E-state index contributed by atoms with van der Waals surface area (Å²) in [7, 11) is 0. The lowest BCUT2D eigenvalue weighted by Gasteiger charge is -2.10. The van der Waals surface area contributed by atoms with Gasteiger partial charge in [-0.15, -0.1) is 0 Å². The van der Waals surface area contributed by atoms with Gasteiger partial charge in [0, 0.05) is 11.5 Å². The summed E-state index contributed by atoms with van der Waals surface area (Å²) in [5, 5.41) is 9.75. The van der Waals surface area contributed by atoms with Crippen molar-refractivity contribution < 1.29 is 9.59 Å². The fourth-order valence-corrected chi connectivity index (χ4v) is 1.51. The normalized spacial score (nSPS) is 13.9. The zero-order chi connectivity index (χ0) is 13.0. The van der Waals surface area contributed by atoms with Gasteiger partial charge < -0.3 is 0 Å². The fraction of sp³-hybridized carbons (Fsp3) is 0.200. The Morgan fingerprint density at radius 3 is 2.33 bits per heavy atom. The molecule has 0 aromatic heterocycles. The van der Waals surface area contributed by atoms with E-state index in [1.165, 1.54) is 0 Å². The van der Waals surface area contributed by atoms with Gasteiger partial charge in [-0.05, 0) is 29.6 Å². The van der Waals surface area contributed by atoms with Crippen molar-refractivity contribution in [2.75, 3.05) is 11.4 Å². The van der Waals surface area contributed by atoms with Crippen LogP contribution >= 0.6 is 0 Å². The van der Waals surface area contributed by atoms with Crippen LogP contribution in [0.1, 0.15) is 5.56 Å².